The van der Waals surface area contributed by atoms with Crippen LogP contribution in [0.2, 0.25) is 0 Å². The van der Waals surface area contributed by atoms with E-state index in [0.29, 0.717) is 0 Å². The summed E-state index contributed by atoms with van der Waals surface area (Å²) in [4.78, 5) is 5.74. The highest BCUT2D eigenvalue weighted by Crippen LogP contribution is 2.26. The fourth-order valence-electron chi connectivity index (χ4n) is 2.71. The zero-order chi connectivity index (χ0) is 16.6. The third-order valence-corrected chi connectivity index (χ3v) is 5.01. The van der Waals surface area contributed by atoms with Gasteiger partial charge in [0.2, 0.25) is 0 Å². The van der Waals surface area contributed by atoms with E-state index in [1.807, 2.05) is 30.5 Å². The number of nitrogens with zero attached hydrogens (tertiary/aromatic N) is 1. The Morgan fingerprint density at radius 2 is 1.71 bits per heavy atom. The molecule has 0 saturated heterocycles. The van der Waals surface area contributed by atoms with Crippen LogP contribution in [0.4, 0.5) is 0 Å². The van der Waals surface area contributed by atoms with Crippen LogP contribution in [0.25, 0.3) is 10.4 Å². The molecule has 124 valence electrons. The van der Waals surface area contributed by atoms with Gasteiger partial charge in [0.1, 0.15) is 5.01 Å². The zero-order valence-electron chi connectivity index (χ0n) is 13.6. The van der Waals surface area contributed by atoms with E-state index in [2.05, 4.69) is 46.7 Å². The summed E-state index contributed by atoms with van der Waals surface area (Å²) in [6.07, 6.45) is 3.65. The van der Waals surface area contributed by atoms with Crippen LogP contribution in [-0.4, -0.2) is 16.7 Å². The predicted molar refractivity (Wildman–Crippen MR) is 99.9 cm³/mol. The first-order chi connectivity index (χ1) is 11.9. The molecule has 3 aromatic rings. The molecule has 3 rings (SSSR count). The van der Waals surface area contributed by atoms with Crippen LogP contribution in [0.5, 0.6) is 0 Å². The van der Waals surface area contributed by atoms with Gasteiger partial charge in [-0.25, -0.2) is 4.98 Å². The highest BCUT2D eigenvalue weighted by molar-refractivity contribution is 7.15. The molecule has 0 spiro atoms. The lowest BCUT2D eigenvalue weighted by Crippen LogP contribution is -2.21. The van der Waals surface area contributed by atoms with Crippen LogP contribution in [-0.2, 0) is 6.54 Å². The van der Waals surface area contributed by atoms with E-state index in [0.717, 1.165) is 24.4 Å². The molecule has 4 heteroatoms. The second kappa shape index (κ2) is 8.73. The van der Waals surface area contributed by atoms with E-state index < -0.39 is 0 Å². The number of nitrogens with one attached hydrogen (secondary N) is 1. The fourth-order valence-corrected chi connectivity index (χ4v) is 3.58. The molecule has 1 heterocycles. The Hall–Kier alpha value is -2.01. The van der Waals surface area contributed by atoms with Crippen LogP contribution in [0.15, 0.2) is 66.9 Å². The maximum absolute atomic E-state index is 9.14. The summed E-state index contributed by atoms with van der Waals surface area (Å²) in [5.41, 5.74) is 2.46. The van der Waals surface area contributed by atoms with Crippen LogP contribution in [0.1, 0.15) is 29.5 Å². The first kappa shape index (κ1) is 16.8. The quantitative estimate of drug-likeness (QED) is 0.639. The largest absolute Gasteiger partial charge is 0.396 e. The summed E-state index contributed by atoms with van der Waals surface area (Å²) >= 11 is 1.72. The Kier molecular flexibility index (Phi) is 6.13. The lowest BCUT2D eigenvalue weighted by Gasteiger charge is -2.18. The van der Waals surface area contributed by atoms with Crippen molar-refractivity contribution in [3.63, 3.8) is 0 Å². The number of aliphatic hydroxyl groups is 1. The Labute approximate surface area is 147 Å². The summed E-state index contributed by atoms with van der Waals surface area (Å²) in [5, 5.41) is 13.8. The van der Waals surface area contributed by atoms with Gasteiger partial charge in [0.25, 0.3) is 0 Å². The van der Waals surface area contributed by atoms with Gasteiger partial charge in [-0.15, -0.1) is 11.3 Å². The maximum Gasteiger partial charge on any atom is 0.107 e. The van der Waals surface area contributed by atoms with Crippen LogP contribution < -0.4 is 5.32 Å². The molecule has 2 aromatic carbocycles. The average molecular weight is 338 g/mol. The second-order valence-electron chi connectivity index (χ2n) is 5.69. The van der Waals surface area contributed by atoms with Crippen molar-refractivity contribution in [1.82, 2.24) is 10.3 Å². The summed E-state index contributed by atoms with van der Waals surface area (Å²) in [7, 11) is 0. The molecule has 0 bridgehead atoms. The maximum atomic E-state index is 9.14. The molecule has 0 radical (unpaired) electrons. The number of hydrogen-bond donors (Lipinski definition) is 2. The van der Waals surface area contributed by atoms with E-state index in [9.17, 15) is 0 Å². The molecule has 0 aliphatic carbocycles. The van der Waals surface area contributed by atoms with Crippen molar-refractivity contribution in [3.05, 3.63) is 77.4 Å². The van der Waals surface area contributed by atoms with Crippen molar-refractivity contribution in [2.45, 2.75) is 25.4 Å². The Balaban J connectivity index is 1.65. The third kappa shape index (κ3) is 4.51. The van der Waals surface area contributed by atoms with Gasteiger partial charge in [0.05, 0.1) is 4.88 Å². The number of aliphatic hydroxyl groups excluding tert-OH is 1. The molecule has 0 aliphatic rings. The molecule has 1 unspecified atom stereocenters. The van der Waals surface area contributed by atoms with E-state index >= 15 is 0 Å². The van der Waals surface area contributed by atoms with Gasteiger partial charge in [-0.1, -0.05) is 60.7 Å². The second-order valence-corrected chi connectivity index (χ2v) is 6.81. The molecule has 1 atom stereocenters. The molecule has 3 nitrogen and oxygen atoms in total. The average Bonchev–Trinajstić information content (AvgIpc) is 3.12. The summed E-state index contributed by atoms with van der Waals surface area (Å²) in [6.45, 7) is 0.961. The number of aromatic nitrogens is 1. The van der Waals surface area contributed by atoms with E-state index in [-0.39, 0.29) is 12.6 Å². The van der Waals surface area contributed by atoms with Crippen molar-refractivity contribution in [1.29, 1.82) is 0 Å². The monoisotopic (exact) mass is 338 g/mol. The molecule has 0 fully saturated rings. The summed E-state index contributed by atoms with van der Waals surface area (Å²) in [5.74, 6) is 0. The standard InChI is InChI=1S/C20H22N2OS/c23-13-7-12-18(16-8-3-1-4-9-16)21-15-20-22-14-19(24-20)17-10-5-2-6-11-17/h1-6,8-11,14,18,21,23H,7,12-13,15H2. The first-order valence-corrected chi connectivity index (χ1v) is 9.08. The molecule has 1 aromatic heterocycles. The molecule has 0 aliphatic heterocycles. The third-order valence-electron chi connectivity index (χ3n) is 3.96. The van der Waals surface area contributed by atoms with Crippen molar-refractivity contribution >= 4 is 11.3 Å². The molecule has 0 saturated carbocycles. The van der Waals surface area contributed by atoms with Gasteiger partial charge in [-0.2, -0.15) is 0 Å². The number of thiazole rings is 1. The van der Waals surface area contributed by atoms with Crippen molar-refractivity contribution in [2.24, 2.45) is 0 Å². The number of hydrogen-bond acceptors (Lipinski definition) is 4. The highest BCUT2D eigenvalue weighted by atomic mass is 32.1. The smallest absolute Gasteiger partial charge is 0.107 e. The minimum atomic E-state index is 0.223. The molecule has 2 N–H and O–H groups in total. The van der Waals surface area contributed by atoms with Crippen LogP contribution >= 0.6 is 11.3 Å². The lowest BCUT2D eigenvalue weighted by atomic mass is 10.0. The minimum Gasteiger partial charge on any atom is -0.396 e. The Bertz CT molecular complexity index is 728. The van der Waals surface area contributed by atoms with Crippen LogP contribution in [0, 0.1) is 0 Å². The van der Waals surface area contributed by atoms with Crippen molar-refractivity contribution < 1.29 is 5.11 Å². The van der Waals surface area contributed by atoms with Gasteiger partial charge in [0.15, 0.2) is 0 Å². The SMILES string of the molecule is OCCCC(NCc1ncc(-c2ccccc2)s1)c1ccccc1. The zero-order valence-corrected chi connectivity index (χ0v) is 14.4. The normalized spacial score (nSPS) is 12.2. The summed E-state index contributed by atoms with van der Waals surface area (Å²) in [6, 6.07) is 21.0. The minimum absolute atomic E-state index is 0.223. The van der Waals surface area contributed by atoms with E-state index in [1.54, 1.807) is 11.3 Å². The van der Waals surface area contributed by atoms with Crippen molar-refractivity contribution in [2.75, 3.05) is 6.61 Å². The highest BCUT2D eigenvalue weighted by Gasteiger charge is 2.12. The topological polar surface area (TPSA) is 45.1 Å². The van der Waals surface area contributed by atoms with Gasteiger partial charge in [0, 0.05) is 25.4 Å². The molecule has 24 heavy (non-hydrogen) atoms. The van der Waals surface area contributed by atoms with Gasteiger partial charge in [-0.05, 0) is 24.0 Å². The number of benzene rings is 2. The first-order valence-electron chi connectivity index (χ1n) is 8.26. The summed E-state index contributed by atoms with van der Waals surface area (Å²) < 4.78 is 0. The van der Waals surface area contributed by atoms with Crippen LogP contribution in [0.3, 0.4) is 0 Å². The fraction of sp³-hybridized carbons (Fsp3) is 0.250. The van der Waals surface area contributed by atoms with E-state index in [4.69, 9.17) is 5.11 Å². The molecule has 0 amide bonds. The van der Waals surface area contributed by atoms with Gasteiger partial charge < -0.3 is 10.4 Å². The molecular weight excluding hydrogens is 316 g/mol. The Morgan fingerprint density at radius 1 is 1.00 bits per heavy atom. The predicted octanol–water partition coefficient (Wildman–Crippen LogP) is 4.41. The lowest BCUT2D eigenvalue weighted by molar-refractivity contribution is 0.275. The van der Waals surface area contributed by atoms with Gasteiger partial charge >= 0.3 is 0 Å². The van der Waals surface area contributed by atoms with E-state index in [1.165, 1.54) is 16.0 Å². The molecular formula is C20H22N2OS. The van der Waals surface area contributed by atoms with Crippen molar-refractivity contribution in [3.8, 4) is 10.4 Å². The van der Waals surface area contributed by atoms with Gasteiger partial charge in [-0.3, -0.25) is 0 Å². The number of rotatable bonds is 8. The Morgan fingerprint density at radius 3 is 2.42 bits per heavy atom.